The molecular weight excluding hydrogens is 363 g/mol. The molecule has 0 saturated heterocycles. The van der Waals surface area contributed by atoms with Crippen molar-refractivity contribution >= 4 is 49.9 Å². The van der Waals surface area contributed by atoms with Crippen molar-refractivity contribution in [2.75, 3.05) is 0 Å². The molecular formula is C14H7BrCl2N2O. The molecule has 3 nitrogen and oxygen atoms in total. The first-order valence-electron chi connectivity index (χ1n) is 5.68. The van der Waals surface area contributed by atoms with Crippen molar-refractivity contribution in [2.24, 2.45) is 0 Å². The molecule has 100 valence electrons. The first-order valence-corrected chi connectivity index (χ1v) is 7.22. The van der Waals surface area contributed by atoms with Crippen molar-refractivity contribution in [3.63, 3.8) is 0 Å². The molecule has 2 aromatic carbocycles. The van der Waals surface area contributed by atoms with Crippen LogP contribution in [0.25, 0.3) is 10.8 Å². The highest BCUT2D eigenvalue weighted by Gasteiger charge is 2.07. The summed E-state index contributed by atoms with van der Waals surface area (Å²) in [6, 6.07) is 13.3. The van der Waals surface area contributed by atoms with E-state index >= 15 is 0 Å². The summed E-state index contributed by atoms with van der Waals surface area (Å²) in [7, 11) is 0. The van der Waals surface area contributed by atoms with Crippen molar-refractivity contribution in [1.29, 1.82) is 0 Å². The molecule has 0 fully saturated rings. The molecule has 6 heteroatoms. The average molecular weight is 370 g/mol. The zero-order chi connectivity index (χ0) is 14.1. The van der Waals surface area contributed by atoms with Crippen LogP contribution in [0.3, 0.4) is 0 Å². The smallest absolute Gasteiger partial charge is 0.194 e. The quantitative estimate of drug-likeness (QED) is 0.598. The summed E-state index contributed by atoms with van der Waals surface area (Å²) in [4.78, 5) is 0. The van der Waals surface area contributed by atoms with E-state index in [1.165, 1.54) is 6.07 Å². The fourth-order valence-electron chi connectivity index (χ4n) is 1.79. The van der Waals surface area contributed by atoms with E-state index in [0.717, 1.165) is 15.2 Å². The largest absolute Gasteiger partial charge is 0.454 e. The van der Waals surface area contributed by atoms with Crippen LogP contribution in [-0.4, -0.2) is 10.2 Å². The van der Waals surface area contributed by atoms with Crippen LogP contribution in [0.1, 0.15) is 0 Å². The topological polar surface area (TPSA) is 35.0 Å². The van der Waals surface area contributed by atoms with Gasteiger partial charge in [-0.15, -0.1) is 10.2 Å². The molecule has 0 radical (unpaired) electrons. The average Bonchev–Trinajstić information content (AvgIpc) is 2.43. The first-order chi connectivity index (χ1) is 9.61. The van der Waals surface area contributed by atoms with Gasteiger partial charge in [-0.2, -0.15) is 0 Å². The molecule has 3 aromatic rings. The number of ether oxygens (including phenoxy) is 1. The van der Waals surface area contributed by atoms with Gasteiger partial charge in [0, 0.05) is 10.5 Å². The summed E-state index contributed by atoms with van der Waals surface area (Å²) in [6.07, 6.45) is 0. The monoisotopic (exact) mass is 368 g/mol. The van der Waals surface area contributed by atoms with Gasteiger partial charge in [-0.1, -0.05) is 51.3 Å². The Morgan fingerprint density at radius 3 is 2.50 bits per heavy atom. The molecule has 1 aromatic heterocycles. The van der Waals surface area contributed by atoms with Crippen LogP contribution >= 0.6 is 39.1 Å². The van der Waals surface area contributed by atoms with Crippen molar-refractivity contribution < 1.29 is 4.74 Å². The van der Waals surface area contributed by atoms with Crippen LogP contribution in [0.15, 0.2) is 46.9 Å². The van der Waals surface area contributed by atoms with Crippen molar-refractivity contribution in [1.82, 2.24) is 10.2 Å². The van der Waals surface area contributed by atoms with Gasteiger partial charge in [0.15, 0.2) is 16.1 Å². The number of fused-ring (bicyclic) bond motifs is 1. The number of aromatic nitrogens is 2. The lowest BCUT2D eigenvalue weighted by Crippen LogP contribution is -1.90. The Morgan fingerprint density at radius 2 is 1.65 bits per heavy atom. The fraction of sp³-hybridized carbons (Fsp3) is 0. The predicted molar refractivity (Wildman–Crippen MR) is 83.8 cm³/mol. The van der Waals surface area contributed by atoms with Crippen molar-refractivity contribution in [3.05, 3.63) is 57.2 Å². The molecule has 0 bridgehead atoms. The number of halogens is 3. The second-order valence-electron chi connectivity index (χ2n) is 4.08. The molecule has 0 atom stereocenters. The highest BCUT2D eigenvalue weighted by molar-refractivity contribution is 9.10. The van der Waals surface area contributed by atoms with Crippen LogP contribution in [0.4, 0.5) is 0 Å². The molecule has 3 rings (SSSR count). The third-order valence-corrected chi connectivity index (χ3v) is 3.63. The van der Waals surface area contributed by atoms with E-state index in [9.17, 15) is 0 Å². The SMILES string of the molecule is Clc1cc(Oc2ccc3cc(Br)ccc3c2)c(Cl)nn1. The van der Waals surface area contributed by atoms with Crippen molar-refractivity contribution in [3.8, 4) is 11.5 Å². The lowest BCUT2D eigenvalue weighted by molar-refractivity contribution is 0.479. The number of nitrogens with zero attached hydrogens (tertiary/aromatic N) is 2. The maximum absolute atomic E-state index is 5.92. The highest BCUT2D eigenvalue weighted by atomic mass is 79.9. The summed E-state index contributed by atoms with van der Waals surface area (Å²) in [5.41, 5.74) is 0. The third kappa shape index (κ3) is 2.87. The molecule has 0 unspecified atom stereocenters. The number of benzene rings is 2. The highest BCUT2D eigenvalue weighted by Crippen LogP contribution is 2.31. The lowest BCUT2D eigenvalue weighted by atomic mass is 10.1. The van der Waals surface area contributed by atoms with Gasteiger partial charge in [0.1, 0.15) is 5.75 Å². The summed E-state index contributed by atoms with van der Waals surface area (Å²) in [5, 5.41) is 9.92. The van der Waals surface area contributed by atoms with E-state index in [0.29, 0.717) is 11.5 Å². The summed E-state index contributed by atoms with van der Waals surface area (Å²) >= 11 is 15.1. The standard InChI is InChI=1S/C14H7BrCl2N2O/c15-10-3-1-9-6-11(4-2-8(9)5-10)20-12-7-13(16)18-19-14(12)17/h1-7H. The van der Waals surface area contributed by atoms with Crippen LogP contribution in [0.2, 0.25) is 10.3 Å². The summed E-state index contributed by atoms with van der Waals surface area (Å²) in [5.74, 6) is 1.04. The zero-order valence-electron chi connectivity index (χ0n) is 9.98. The summed E-state index contributed by atoms with van der Waals surface area (Å²) < 4.78 is 6.73. The van der Waals surface area contributed by atoms with Gasteiger partial charge in [-0.05, 0) is 35.0 Å². The van der Waals surface area contributed by atoms with Gasteiger partial charge >= 0.3 is 0 Å². The fourth-order valence-corrected chi connectivity index (χ4v) is 2.44. The predicted octanol–water partition coefficient (Wildman–Crippen LogP) is 5.49. The van der Waals surface area contributed by atoms with E-state index in [4.69, 9.17) is 27.9 Å². The van der Waals surface area contributed by atoms with E-state index < -0.39 is 0 Å². The number of hydrogen-bond donors (Lipinski definition) is 0. The number of rotatable bonds is 2. The Kier molecular flexibility index (Phi) is 3.78. The van der Waals surface area contributed by atoms with E-state index in [2.05, 4.69) is 26.1 Å². The molecule has 0 aliphatic carbocycles. The van der Waals surface area contributed by atoms with Crippen LogP contribution in [0.5, 0.6) is 11.5 Å². The minimum absolute atomic E-state index is 0.172. The van der Waals surface area contributed by atoms with Gasteiger partial charge in [0.2, 0.25) is 0 Å². The Balaban J connectivity index is 1.98. The first kappa shape index (κ1) is 13.6. The maximum Gasteiger partial charge on any atom is 0.194 e. The minimum atomic E-state index is 0.172. The Hall–Kier alpha value is -1.36. The Bertz CT molecular complexity index is 795. The zero-order valence-corrected chi connectivity index (χ0v) is 13.1. The van der Waals surface area contributed by atoms with Crippen LogP contribution in [0, 0.1) is 0 Å². The lowest BCUT2D eigenvalue weighted by Gasteiger charge is -2.08. The Labute approximate surface area is 133 Å². The second-order valence-corrected chi connectivity index (χ2v) is 5.74. The van der Waals surface area contributed by atoms with E-state index in [1.807, 2.05) is 36.4 Å². The van der Waals surface area contributed by atoms with E-state index in [1.54, 1.807) is 0 Å². The number of hydrogen-bond acceptors (Lipinski definition) is 3. The molecule has 0 saturated carbocycles. The van der Waals surface area contributed by atoms with Crippen molar-refractivity contribution in [2.45, 2.75) is 0 Å². The molecule has 0 amide bonds. The molecule has 0 aliphatic rings. The molecule has 20 heavy (non-hydrogen) atoms. The third-order valence-electron chi connectivity index (χ3n) is 2.69. The molecule has 0 aliphatic heterocycles. The molecule has 0 spiro atoms. The Morgan fingerprint density at radius 1 is 0.900 bits per heavy atom. The van der Waals surface area contributed by atoms with E-state index in [-0.39, 0.29) is 10.3 Å². The molecule has 0 N–H and O–H groups in total. The molecule has 1 heterocycles. The van der Waals surface area contributed by atoms with Gasteiger partial charge in [0.05, 0.1) is 0 Å². The van der Waals surface area contributed by atoms with Crippen LogP contribution < -0.4 is 4.74 Å². The maximum atomic E-state index is 5.92. The second kappa shape index (κ2) is 5.56. The van der Waals surface area contributed by atoms with Crippen LogP contribution in [-0.2, 0) is 0 Å². The van der Waals surface area contributed by atoms with Gasteiger partial charge in [-0.25, -0.2) is 0 Å². The normalized spacial score (nSPS) is 10.8. The summed E-state index contributed by atoms with van der Waals surface area (Å²) in [6.45, 7) is 0. The van der Waals surface area contributed by atoms with Gasteiger partial charge in [0.25, 0.3) is 0 Å². The van der Waals surface area contributed by atoms with Gasteiger partial charge < -0.3 is 4.74 Å². The van der Waals surface area contributed by atoms with Gasteiger partial charge in [-0.3, -0.25) is 0 Å². The minimum Gasteiger partial charge on any atom is -0.454 e.